The fourth-order valence-corrected chi connectivity index (χ4v) is 6.44. The van der Waals surface area contributed by atoms with Crippen LogP contribution in [0.4, 0.5) is 0 Å². The van der Waals surface area contributed by atoms with Crippen molar-refractivity contribution in [3.63, 3.8) is 0 Å². The number of thioether (sulfide) groups is 1. The van der Waals surface area contributed by atoms with Crippen molar-refractivity contribution in [2.75, 3.05) is 12.3 Å². The Bertz CT molecular complexity index is 1170. The maximum atomic E-state index is 12.6. The van der Waals surface area contributed by atoms with Crippen molar-refractivity contribution in [2.24, 2.45) is 0 Å². The van der Waals surface area contributed by atoms with Gasteiger partial charge in [-0.1, -0.05) is 47.5 Å². The van der Waals surface area contributed by atoms with Crippen molar-refractivity contribution in [3.05, 3.63) is 61.7 Å². The first-order valence-electron chi connectivity index (χ1n) is 8.96. The fourth-order valence-electron chi connectivity index (χ4n) is 2.80. The second-order valence-corrected chi connectivity index (χ2v) is 11.0. The highest BCUT2D eigenvalue weighted by Gasteiger charge is 2.16. The zero-order chi connectivity index (χ0) is 21.0. The van der Waals surface area contributed by atoms with Gasteiger partial charge in [0.1, 0.15) is 0 Å². The van der Waals surface area contributed by atoms with Crippen LogP contribution in [0.3, 0.4) is 0 Å². The second kappa shape index (κ2) is 9.85. The topological polar surface area (TPSA) is 68.2 Å². The van der Waals surface area contributed by atoms with Crippen LogP contribution in [0, 0.1) is 0 Å². The lowest BCUT2D eigenvalue weighted by Gasteiger charge is -2.08. The summed E-state index contributed by atoms with van der Waals surface area (Å²) in [6, 6.07) is 10.2. The molecule has 10 heteroatoms. The molecule has 29 heavy (non-hydrogen) atoms. The number of aromatic nitrogens is 1. The van der Waals surface area contributed by atoms with Crippen LogP contribution in [-0.2, 0) is 22.3 Å². The summed E-state index contributed by atoms with van der Waals surface area (Å²) in [5, 5.41) is 1.19. The molecule has 0 saturated carbocycles. The predicted octanol–water partition coefficient (Wildman–Crippen LogP) is 4.99. The quantitative estimate of drug-likeness (QED) is 0.428. The Kier molecular flexibility index (Phi) is 7.69. The molecule has 1 heterocycles. The molecule has 0 radical (unpaired) electrons. The number of benzene rings is 2. The Balaban J connectivity index is 1.60. The maximum Gasteiger partial charge on any atom is 0.308 e. The largest absolute Gasteiger partial charge is 0.308 e. The van der Waals surface area contributed by atoms with Crippen LogP contribution in [0.25, 0.3) is 10.2 Å². The van der Waals surface area contributed by atoms with E-state index in [4.69, 9.17) is 23.2 Å². The van der Waals surface area contributed by atoms with Gasteiger partial charge in [0, 0.05) is 34.6 Å². The highest BCUT2D eigenvalue weighted by molar-refractivity contribution is 7.98. The maximum absolute atomic E-state index is 12.6. The molecule has 1 aromatic heterocycles. The van der Waals surface area contributed by atoms with Gasteiger partial charge in [-0.15, -0.1) is 0 Å². The van der Waals surface area contributed by atoms with E-state index in [0.717, 1.165) is 28.8 Å². The zero-order valence-electron chi connectivity index (χ0n) is 15.7. The lowest BCUT2D eigenvalue weighted by molar-refractivity contribution is 0.584. The number of fused-ring (bicyclic) bond motifs is 1. The Morgan fingerprint density at radius 3 is 2.69 bits per heavy atom. The van der Waals surface area contributed by atoms with Crippen molar-refractivity contribution in [1.82, 2.24) is 9.29 Å². The average Bonchev–Trinajstić information content (AvgIpc) is 2.98. The Morgan fingerprint density at radius 2 is 1.97 bits per heavy atom. The third-order valence-corrected chi connectivity index (χ3v) is 8.20. The van der Waals surface area contributed by atoms with E-state index in [2.05, 4.69) is 4.72 Å². The van der Waals surface area contributed by atoms with Gasteiger partial charge >= 0.3 is 4.87 Å². The van der Waals surface area contributed by atoms with Crippen molar-refractivity contribution >= 4 is 66.5 Å². The van der Waals surface area contributed by atoms with E-state index in [1.165, 1.54) is 0 Å². The van der Waals surface area contributed by atoms with Crippen LogP contribution in [0.5, 0.6) is 0 Å². The minimum atomic E-state index is -3.64. The molecule has 0 aliphatic heterocycles. The summed E-state index contributed by atoms with van der Waals surface area (Å²) in [5.41, 5.74) is 1.73. The summed E-state index contributed by atoms with van der Waals surface area (Å²) >= 11 is 14.7. The van der Waals surface area contributed by atoms with Crippen LogP contribution in [0.2, 0.25) is 10.0 Å². The lowest BCUT2D eigenvalue weighted by atomic mass is 10.2. The van der Waals surface area contributed by atoms with Gasteiger partial charge in [-0.3, -0.25) is 9.36 Å². The Hall–Kier alpha value is -1.03. The lowest BCUT2D eigenvalue weighted by Crippen LogP contribution is -2.26. The SMILES string of the molecule is CCCn1c(=O)sc2cc(S(=O)(=O)NCCSCc3ccc(Cl)cc3Cl)ccc21. The molecule has 5 nitrogen and oxygen atoms in total. The molecule has 2 aromatic carbocycles. The summed E-state index contributed by atoms with van der Waals surface area (Å²) in [4.78, 5) is 12.2. The number of nitrogens with zero attached hydrogens (tertiary/aromatic N) is 1. The summed E-state index contributed by atoms with van der Waals surface area (Å²) in [5.74, 6) is 1.27. The molecule has 0 fully saturated rings. The van der Waals surface area contributed by atoms with E-state index in [-0.39, 0.29) is 9.77 Å². The van der Waals surface area contributed by atoms with E-state index in [1.807, 2.05) is 13.0 Å². The number of hydrogen-bond donors (Lipinski definition) is 1. The summed E-state index contributed by atoms with van der Waals surface area (Å²) < 4.78 is 30.1. The van der Waals surface area contributed by atoms with Gasteiger partial charge in [0.05, 0.1) is 15.1 Å². The van der Waals surface area contributed by atoms with Crippen LogP contribution in [-0.4, -0.2) is 25.3 Å². The number of thiazole rings is 1. The van der Waals surface area contributed by atoms with E-state index in [0.29, 0.717) is 39.3 Å². The number of aryl methyl sites for hydroxylation is 1. The van der Waals surface area contributed by atoms with Crippen molar-refractivity contribution < 1.29 is 8.42 Å². The molecule has 3 rings (SSSR count). The van der Waals surface area contributed by atoms with Crippen LogP contribution >= 0.6 is 46.3 Å². The molecule has 0 unspecified atom stereocenters. The first kappa shape index (κ1) is 22.7. The fraction of sp³-hybridized carbons (Fsp3) is 0.316. The normalized spacial score (nSPS) is 12.0. The predicted molar refractivity (Wildman–Crippen MR) is 124 cm³/mol. The van der Waals surface area contributed by atoms with Crippen LogP contribution < -0.4 is 9.60 Å². The molecule has 0 saturated heterocycles. The number of rotatable bonds is 9. The average molecular weight is 491 g/mol. The van der Waals surface area contributed by atoms with E-state index >= 15 is 0 Å². The van der Waals surface area contributed by atoms with Gasteiger partial charge in [0.2, 0.25) is 10.0 Å². The Labute approximate surface area is 188 Å². The van der Waals surface area contributed by atoms with Gasteiger partial charge in [0.25, 0.3) is 0 Å². The molecule has 1 N–H and O–H groups in total. The first-order valence-corrected chi connectivity index (χ1v) is 13.2. The van der Waals surface area contributed by atoms with Crippen LogP contribution in [0.1, 0.15) is 18.9 Å². The molecule has 0 aliphatic carbocycles. The molecule has 3 aromatic rings. The minimum absolute atomic E-state index is 0.0679. The molecular formula is C19H20Cl2N2O3S3. The van der Waals surface area contributed by atoms with E-state index in [1.54, 1.807) is 46.7 Å². The van der Waals surface area contributed by atoms with E-state index < -0.39 is 10.0 Å². The number of nitrogens with one attached hydrogen (secondary N) is 1. The number of sulfonamides is 1. The Morgan fingerprint density at radius 1 is 1.17 bits per heavy atom. The zero-order valence-corrected chi connectivity index (χ0v) is 19.6. The third kappa shape index (κ3) is 5.57. The van der Waals surface area contributed by atoms with Crippen molar-refractivity contribution in [3.8, 4) is 0 Å². The summed E-state index contributed by atoms with van der Waals surface area (Å²) in [6.45, 7) is 2.92. The van der Waals surface area contributed by atoms with Crippen molar-refractivity contribution in [2.45, 2.75) is 30.5 Å². The highest BCUT2D eigenvalue weighted by atomic mass is 35.5. The molecular weight excluding hydrogens is 471 g/mol. The smallest absolute Gasteiger partial charge is 0.299 e. The van der Waals surface area contributed by atoms with Gasteiger partial charge in [-0.25, -0.2) is 13.1 Å². The molecule has 0 aliphatic rings. The summed E-state index contributed by atoms with van der Waals surface area (Å²) in [7, 11) is -3.64. The standard InChI is InChI=1S/C19H20Cl2N2O3S3/c1-2-8-23-17-6-5-15(11-18(17)28-19(23)24)29(25,26)22-7-9-27-12-13-3-4-14(20)10-16(13)21/h3-6,10-11,22H,2,7-9,12H2,1H3. The minimum Gasteiger partial charge on any atom is -0.299 e. The molecule has 0 bridgehead atoms. The number of hydrogen-bond acceptors (Lipinski definition) is 5. The molecule has 156 valence electrons. The third-order valence-electron chi connectivity index (χ3n) is 4.21. The molecule has 0 spiro atoms. The van der Waals surface area contributed by atoms with Crippen LogP contribution in [0.15, 0.2) is 46.1 Å². The van der Waals surface area contributed by atoms with Gasteiger partial charge in [-0.05, 0) is 42.3 Å². The highest BCUT2D eigenvalue weighted by Crippen LogP contribution is 2.25. The monoisotopic (exact) mass is 490 g/mol. The van der Waals surface area contributed by atoms with Crippen molar-refractivity contribution in [1.29, 1.82) is 0 Å². The van der Waals surface area contributed by atoms with Gasteiger partial charge < -0.3 is 0 Å². The first-order chi connectivity index (χ1) is 13.8. The molecule has 0 atom stereocenters. The summed E-state index contributed by atoms with van der Waals surface area (Å²) in [6.07, 6.45) is 0.840. The number of halogens is 2. The van der Waals surface area contributed by atoms with Gasteiger partial charge in [0.15, 0.2) is 0 Å². The van der Waals surface area contributed by atoms with E-state index in [9.17, 15) is 13.2 Å². The second-order valence-electron chi connectivity index (χ2n) is 6.34. The molecule has 0 amide bonds. The van der Waals surface area contributed by atoms with Gasteiger partial charge in [-0.2, -0.15) is 11.8 Å².